The molecule has 16 heavy (non-hydrogen) atoms. The summed E-state index contributed by atoms with van der Waals surface area (Å²) in [5.74, 6) is -0.256. The first-order chi connectivity index (χ1) is 7.26. The zero-order valence-electron chi connectivity index (χ0n) is 11.4. The molecule has 0 heterocycles. The van der Waals surface area contributed by atoms with Gasteiger partial charge in [-0.1, -0.05) is 6.92 Å². The van der Waals surface area contributed by atoms with Gasteiger partial charge in [0, 0.05) is 13.1 Å². The molecule has 0 radical (unpaired) electrons. The third kappa shape index (κ3) is 7.65. The predicted octanol–water partition coefficient (Wildman–Crippen LogP) is 1.54. The largest absolute Gasteiger partial charge is 0.469 e. The van der Waals surface area contributed by atoms with Crippen LogP contribution in [0.2, 0.25) is 0 Å². The van der Waals surface area contributed by atoms with E-state index < -0.39 is 0 Å². The quantitative estimate of drug-likeness (QED) is 0.650. The van der Waals surface area contributed by atoms with Crippen molar-refractivity contribution >= 4 is 5.97 Å². The van der Waals surface area contributed by atoms with Crippen LogP contribution in [0.5, 0.6) is 0 Å². The maximum atomic E-state index is 11.2. The summed E-state index contributed by atoms with van der Waals surface area (Å²) in [5.41, 5.74) is -0.102. The summed E-state index contributed by atoms with van der Waals surface area (Å²) in [6.45, 7) is 10.2. The Labute approximate surface area is 98.9 Å². The number of ether oxygens (including phenoxy) is 2. The molecule has 0 aliphatic carbocycles. The van der Waals surface area contributed by atoms with Crippen molar-refractivity contribution in [2.75, 3.05) is 33.9 Å². The van der Waals surface area contributed by atoms with E-state index in [-0.39, 0.29) is 17.5 Å². The zero-order valence-corrected chi connectivity index (χ0v) is 11.4. The van der Waals surface area contributed by atoms with Gasteiger partial charge in [-0.3, -0.25) is 4.79 Å². The molecule has 0 aromatic heterocycles. The Kier molecular flexibility index (Phi) is 6.60. The van der Waals surface area contributed by atoms with E-state index in [9.17, 15) is 4.79 Å². The fraction of sp³-hybridized carbons (Fsp3) is 0.917. The van der Waals surface area contributed by atoms with Crippen LogP contribution >= 0.6 is 0 Å². The lowest BCUT2D eigenvalue weighted by Crippen LogP contribution is -2.33. The topological polar surface area (TPSA) is 38.8 Å². The van der Waals surface area contributed by atoms with Gasteiger partial charge in [0.05, 0.1) is 25.2 Å². The van der Waals surface area contributed by atoms with E-state index in [2.05, 4.69) is 9.64 Å². The molecule has 0 fully saturated rings. The van der Waals surface area contributed by atoms with Crippen molar-refractivity contribution in [1.29, 1.82) is 0 Å². The lowest BCUT2D eigenvalue weighted by Gasteiger charge is -2.24. The molecule has 0 aromatic carbocycles. The van der Waals surface area contributed by atoms with E-state index in [4.69, 9.17) is 4.74 Å². The van der Waals surface area contributed by atoms with Gasteiger partial charge in [-0.25, -0.2) is 0 Å². The molecule has 0 bridgehead atoms. The molecule has 0 rings (SSSR count). The molecule has 4 heteroatoms. The van der Waals surface area contributed by atoms with Gasteiger partial charge >= 0.3 is 5.97 Å². The number of nitrogens with zero attached hydrogens (tertiary/aromatic N) is 1. The van der Waals surface area contributed by atoms with Gasteiger partial charge in [0.25, 0.3) is 0 Å². The minimum atomic E-state index is -0.163. The number of hydrogen-bond acceptors (Lipinski definition) is 4. The summed E-state index contributed by atoms with van der Waals surface area (Å²) in [5, 5.41) is 0. The Bertz CT molecular complexity index is 211. The fourth-order valence-electron chi connectivity index (χ4n) is 1.34. The van der Waals surface area contributed by atoms with Crippen molar-refractivity contribution in [2.45, 2.75) is 33.3 Å². The van der Waals surface area contributed by atoms with Crippen LogP contribution in [-0.2, 0) is 14.3 Å². The Morgan fingerprint density at radius 1 is 1.38 bits per heavy atom. The summed E-state index contributed by atoms with van der Waals surface area (Å²) < 4.78 is 10.3. The first-order valence-corrected chi connectivity index (χ1v) is 5.66. The monoisotopic (exact) mass is 231 g/mol. The number of rotatable bonds is 6. The highest BCUT2D eigenvalue weighted by atomic mass is 16.5. The van der Waals surface area contributed by atoms with Crippen molar-refractivity contribution in [3.63, 3.8) is 0 Å². The van der Waals surface area contributed by atoms with Gasteiger partial charge in [0.15, 0.2) is 0 Å². The molecule has 96 valence electrons. The fourth-order valence-corrected chi connectivity index (χ4v) is 1.34. The molecular weight excluding hydrogens is 206 g/mol. The molecule has 0 N–H and O–H groups in total. The van der Waals surface area contributed by atoms with Crippen molar-refractivity contribution in [3.8, 4) is 0 Å². The molecule has 0 aliphatic rings. The average molecular weight is 231 g/mol. The first-order valence-electron chi connectivity index (χ1n) is 5.66. The number of likely N-dealkylation sites (N-methyl/N-ethyl adjacent to an activating group) is 1. The van der Waals surface area contributed by atoms with Gasteiger partial charge in [0.2, 0.25) is 0 Å². The molecule has 1 atom stereocenters. The average Bonchev–Trinajstić information content (AvgIpc) is 2.14. The van der Waals surface area contributed by atoms with Crippen LogP contribution in [0.1, 0.15) is 27.7 Å². The smallest absolute Gasteiger partial charge is 0.309 e. The number of esters is 1. The molecule has 0 spiro atoms. The highest BCUT2D eigenvalue weighted by Gasteiger charge is 2.16. The van der Waals surface area contributed by atoms with Crippen LogP contribution in [0.4, 0.5) is 0 Å². The van der Waals surface area contributed by atoms with E-state index in [0.29, 0.717) is 13.2 Å². The number of carbonyl (C=O) groups is 1. The van der Waals surface area contributed by atoms with Crippen molar-refractivity contribution in [2.24, 2.45) is 5.92 Å². The summed E-state index contributed by atoms with van der Waals surface area (Å²) >= 11 is 0. The minimum absolute atomic E-state index is 0.0929. The Hall–Kier alpha value is -0.610. The van der Waals surface area contributed by atoms with Crippen LogP contribution in [0.3, 0.4) is 0 Å². The minimum Gasteiger partial charge on any atom is -0.469 e. The lowest BCUT2D eigenvalue weighted by molar-refractivity contribution is -0.145. The van der Waals surface area contributed by atoms with E-state index in [1.54, 1.807) is 0 Å². The standard InChI is InChI=1S/C12H25NO3/c1-10(11(14)15-6)9-13(5)7-8-16-12(2,3)4/h10H,7-9H2,1-6H3. The highest BCUT2D eigenvalue weighted by molar-refractivity contribution is 5.71. The second-order valence-corrected chi connectivity index (χ2v) is 5.15. The second kappa shape index (κ2) is 6.86. The maximum Gasteiger partial charge on any atom is 0.309 e. The molecular formula is C12H25NO3. The molecule has 0 amide bonds. The Morgan fingerprint density at radius 2 is 1.94 bits per heavy atom. The molecule has 0 aromatic rings. The van der Waals surface area contributed by atoms with Crippen LogP contribution in [0, 0.1) is 5.92 Å². The van der Waals surface area contributed by atoms with Crippen LogP contribution < -0.4 is 0 Å². The van der Waals surface area contributed by atoms with Crippen LogP contribution in [0.15, 0.2) is 0 Å². The van der Waals surface area contributed by atoms with Gasteiger partial charge in [0.1, 0.15) is 0 Å². The van der Waals surface area contributed by atoms with Gasteiger partial charge < -0.3 is 14.4 Å². The number of carbonyl (C=O) groups excluding carboxylic acids is 1. The number of methoxy groups -OCH3 is 1. The third-order valence-electron chi connectivity index (χ3n) is 2.20. The van der Waals surface area contributed by atoms with Gasteiger partial charge in [-0.15, -0.1) is 0 Å². The molecule has 0 saturated heterocycles. The summed E-state index contributed by atoms with van der Waals surface area (Å²) in [6, 6.07) is 0. The lowest BCUT2D eigenvalue weighted by atomic mass is 10.2. The summed E-state index contributed by atoms with van der Waals surface area (Å²) in [7, 11) is 3.40. The molecule has 0 saturated carbocycles. The van der Waals surface area contributed by atoms with Crippen molar-refractivity contribution < 1.29 is 14.3 Å². The van der Waals surface area contributed by atoms with E-state index in [0.717, 1.165) is 6.54 Å². The van der Waals surface area contributed by atoms with Crippen LogP contribution in [0.25, 0.3) is 0 Å². The van der Waals surface area contributed by atoms with Crippen molar-refractivity contribution in [3.05, 3.63) is 0 Å². The summed E-state index contributed by atoms with van der Waals surface area (Å²) in [6.07, 6.45) is 0. The predicted molar refractivity (Wildman–Crippen MR) is 64.4 cm³/mol. The molecule has 0 aliphatic heterocycles. The Morgan fingerprint density at radius 3 is 2.38 bits per heavy atom. The SMILES string of the molecule is COC(=O)C(C)CN(C)CCOC(C)(C)C. The normalized spacial score (nSPS) is 13.9. The maximum absolute atomic E-state index is 11.2. The van der Waals surface area contributed by atoms with E-state index in [1.807, 2.05) is 34.7 Å². The Balaban J connectivity index is 3.74. The summed E-state index contributed by atoms with van der Waals surface area (Å²) in [4.78, 5) is 13.3. The van der Waals surface area contributed by atoms with Crippen LogP contribution in [-0.4, -0.2) is 50.3 Å². The van der Waals surface area contributed by atoms with Gasteiger partial charge in [-0.2, -0.15) is 0 Å². The third-order valence-corrected chi connectivity index (χ3v) is 2.20. The second-order valence-electron chi connectivity index (χ2n) is 5.15. The highest BCUT2D eigenvalue weighted by Crippen LogP contribution is 2.06. The first kappa shape index (κ1) is 15.4. The van der Waals surface area contributed by atoms with Crippen molar-refractivity contribution in [1.82, 2.24) is 4.90 Å². The molecule has 1 unspecified atom stereocenters. The number of hydrogen-bond donors (Lipinski definition) is 0. The van der Waals surface area contributed by atoms with E-state index >= 15 is 0 Å². The zero-order chi connectivity index (χ0) is 12.8. The van der Waals surface area contributed by atoms with Gasteiger partial charge in [-0.05, 0) is 27.8 Å². The van der Waals surface area contributed by atoms with E-state index in [1.165, 1.54) is 7.11 Å². The molecule has 4 nitrogen and oxygen atoms in total.